The van der Waals surface area contributed by atoms with Gasteiger partial charge < -0.3 is 89.9 Å². The van der Waals surface area contributed by atoms with Gasteiger partial charge in [0.1, 0.15) is 73.2 Å². The Morgan fingerprint density at radius 2 is 0.740 bits per heavy atom. The van der Waals surface area contributed by atoms with Crippen LogP contribution in [0.2, 0.25) is 0 Å². The topological polar surface area (TPSA) is 307 Å². The fourth-order valence-electron chi connectivity index (χ4n) is 10.8. The molecule has 0 spiro atoms. The van der Waals surface area contributed by atoms with Crippen LogP contribution >= 0.6 is 0 Å². The van der Waals surface area contributed by atoms with Gasteiger partial charge in [-0.2, -0.15) is 0 Å². The maximum Gasteiger partial charge on any atom is 0.220 e. The zero-order chi connectivity index (χ0) is 56.2. The summed E-state index contributed by atoms with van der Waals surface area (Å²) in [4.78, 5) is 13.3. The first-order valence-electron chi connectivity index (χ1n) is 30.8. The lowest BCUT2D eigenvalue weighted by molar-refractivity contribution is -0.379. The highest BCUT2D eigenvalue weighted by molar-refractivity contribution is 5.76. The Balaban J connectivity index is 1.44. The molecule has 3 aliphatic heterocycles. The summed E-state index contributed by atoms with van der Waals surface area (Å²) in [5.41, 5.74) is 0. The molecule has 1 amide bonds. The van der Waals surface area contributed by atoms with E-state index in [0.717, 1.165) is 44.9 Å². The minimum absolute atomic E-state index is 0.240. The number of aliphatic hydroxyl groups is 11. The number of amides is 1. The highest BCUT2D eigenvalue weighted by atomic mass is 16.8. The van der Waals surface area contributed by atoms with Gasteiger partial charge in [-0.15, -0.1) is 0 Å². The van der Waals surface area contributed by atoms with Crippen molar-refractivity contribution in [2.75, 3.05) is 26.4 Å². The molecule has 77 heavy (non-hydrogen) atoms. The van der Waals surface area contributed by atoms with E-state index in [0.29, 0.717) is 12.8 Å². The highest BCUT2D eigenvalue weighted by Crippen LogP contribution is 2.33. The highest BCUT2D eigenvalue weighted by Gasteiger charge is 2.53. The lowest BCUT2D eigenvalue weighted by atomic mass is 9.96. The molecule has 0 radical (unpaired) electrons. The van der Waals surface area contributed by atoms with Crippen molar-refractivity contribution in [1.29, 1.82) is 0 Å². The van der Waals surface area contributed by atoms with Crippen LogP contribution in [0.1, 0.15) is 232 Å². The average Bonchev–Trinajstić information content (AvgIpc) is 3.45. The zero-order valence-electron chi connectivity index (χ0n) is 47.5. The van der Waals surface area contributed by atoms with Crippen LogP contribution in [-0.2, 0) is 33.2 Å². The Labute approximate surface area is 462 Å². The molecule has 19 heteroatoms. The summed E-state index contributed by atoms with van der Waals surface area (Å²) in [5, 5.41) is 120. The third kappa shape index (κ3) is 26.7. The van der Waals surface area contributed by atoms with E-state index in [4.69, 9.17) is 28.4 Å². The van der Waals surface area contributed by atoms with E-state index in [1.165, 1.54) is 154 Å². The Morgan fingerprint density at radius 1 is 0.416 bits per heavy atom. The smallest absolute Gasteiger partial charge is 0.220 e. The molecule has 3 fully saturated rings. The van der Waals surface area contributed by atoms with Crippen LogP contribution in [0.4, 0.5) is 0 Å². The fourth-order valence-corrected chi connectivity index (χ4v) is 10.8. The number of nitrogens with one attached hydrogen (secondary N) is 1. The molecule has 0 aliphatic carbocycles. The van der Waals surface area contributed by atoms with Crippen molar-refractivity contribution < 1.29 is 89.4 Å². The van der Waals surface area contributed by atoms with Gasteiger partial charge in [0.25, 0.3) is 0 Å². The summed E-state index contributed by atoms with van der Waals surface area (Å²) >= 11 is 0. The molecule has 3 rings (SSSR count). The van der Waals surface area contributed by atoms with Gasteiger partial charge in [-0.05, 0) is 12.8 Å². The van der Waals surface area contributed by atoms with Gasteiger partial charge >= 0.3 is 0 Å². The molecule has 0 aromatic carbocycles. The number of carbonyl (C=O) groups is 1. The Kier molecular flexibility index (Phi) is 38.7. The summed E-state index contributed by atoms with van der Waals surface area (Å²) in [6, 6.07) is -0.879. The first-order valence-corrected chi connectivity index (χ1v) is 30.8. The normalized spacial score (nSPS) is 30.6. The largest absolute Gasteiger partial charge is 0.394 e. The van der Waals surface area contributed by atoms with Crippen molar-refractivity contribution in [1.82, 2.24) is 5.32 Å². The Hall–Kier alpha value is -1.21. The minimum atomic E-state index is -1.97. The third-order valence-corrected chi connectivity index (χ3v) is 15.9. The molecule has 3 heterocycles. The van der Waals surface area contributed by atoms with Gasteiger partial charge in [0, 0.05) is 6.42 Å². The summed E-state index contributed by atoms with van der Waals surface area (Å²) < 4.78 is 34.3. The monoisotopic (exact) mass is 1110 g/mol. The number of rotatable bonds is 46. The number of carbonyl (C=O) groups excluding carboxylic acids is 1. The quantitative estimate of drug-likeness (QED) is 0.0330. The van der Waals surface area contributed by atoms with Crippen LogP contribution in [-0.4, -0.2) is 193 Å². The fraction of sp³-hybridized carbons (Fsp3) is 0.983. The molecule has 17 atom stereocenters. The van der Waals surface area contributed by atoms with Gasteiger partial charge in [-0.3, -0.25) is 4.79 Å². The standard InChI is InChI=1S/C58H111NO18/c1-3-5-7-9-11-13-15-16-17-18-19-20-21-22-23-24-25-26-28-30-32-34-36-46(64)59-41(42(63)35-33-31-29-27-14-12-10-8-6-4-2)40-72-56-52(70)49(67)54(44(38-61)74-56)77-58-53(71)50(68)55(45(39-62)75-58)76-57-51(69)48(66)47(65)43(37-60)73-57/h41-45,47-58,60-63,65-71H,3-40H2,1-2H3,(H,59,64). The number of aliphatic hydroxyl groups excluding tert-OH is 11. The molecule has 3 aliphatic rings. The predicted molar refractivity (Wildman–Crippen MR) is 291 cm³/mol. The van der Waals surface area contributed by atoms with Crippen LogP contribution in [0.5, 0.6) is 0 Å². The number of unbranched alkanes of at least 4 members (excludes halogenated alkanes) is 30. The second-order valence-corrected chi connectivity index (χ2v) is 22.5. The van der Waals surface area contributed by atoms with Crippen molar-refractivity contribution in [3.63, 3.8) is 0 Å². The summed E-state index contributed by atoms with van der Waals surface area (Å²) in [6.45, 7) is 1.79. The van der Waals surface area contributed by atoms with Crippen molar-refractivity contribution >= 4 is 5.91 Å². The second-order valence-electron chi connectivity index (χ2n) is 22.5. The molecular weight excluding hydrogens is 999 g/mol. The summed E-state index contributed by atoms with van der Waals surface area (Å²) in [6.07, 6.45) is 13.5. The van der Waals surface area contributed by atoms with Gasteiger partial charge in [0.05, 0.1) is 38.6 Å². The van der Waals surface area contributed by atoms with E-state index in [1.807, 2.05) is 0 Å². The van der Waals surface area contributed by atoms with E-state index < -0.39 is 124 Å². The number of ether oxygens (including phenoxy) is 6. The van der Waals surface area contributed by atoms with Crippen LogP contribution < -0.4 is 5.32 Å². The molecule has 0 aromatic heterocycles. The van der Waals surface area contributed by atoms with Crippen LogP contribution in [0.15, 0.2) is 0 Å². The van der Waals surface area contributed by atoms with E-state index in [-0.39, 0.29) is 18.9 Å². The third-order valence-electron chi connectivity index (χ3n) is 15.9. The zero-order valence-corrected chi connectivity index (χ0v) is 47.5. The molecule has 19 nitrogen and oxygen atoms in total. The molecule has 0 aromatic rings. The van der Waals surface area contributed by atoms with Crippen LogP contribution in [0.25, 0.3) is 0 Å². The first kappa shape index (κ1) is 70.1. The van der Waals surface area contributed by atoms with Crippen molar-refractivity contribution in [3.05, 3.63) is 0 Å². The van der Waals surface area contributed by atoms with Gasteiger partial charge in [-0.1, -0.05) is 213 Å². The van der Waals surface area contributed by atoms with Gasteiger partial charge in [0.15, 0.2) is 18.9 Å². The molecular formula is C58H111NO18. The van der Waals surface area contributed by atoms with Crippen molar-refractivity contribution in [2.24, 2.45) is 0 Å². The van der Waals surface area contributed by atoms with Gasteiger partial charge in [0.2, 0.25) is 5.91 Å². The maximum absolute atomic E-state index is 13.3. The molecule has 0 saturated carbocycles. The number of hydrogen-bond donors (Lipinski definition) is 12. The van der Waals surface area contributed by atoms with E-state index >= 15 is 0 Å². The van der Waals surface area contributed by atoms with Crippen molar-refractivity contribution in [2.45, 2.75) is 336 Å². The van der Waals surface area contributed by atoms with Crippen LogP contribution in [0, 0.1) is 0 Å². The maximum atomic E-state index is 13.3. The number of hydrogen-bond acceptors (Lipinski definition) is 18. The molecule has 3 saturated heterocycles. The van der Waals surface area contributed by atoms with Crippen LogP contribution in [0.3, 0.4) is 0 Å². The summed E-state index contributed by atoms with van der Waals surface area (Å²) in [5.74, 6) is -0.240. The van der Waals surface area contributed by atoms with Gasteiger partial charge in [-0.25, -0.2) is 0 Å². The molecule has 17 unspecified atom stereocenters. The molecule has 0 bridgehead atoms. The van der Waals surface area contributed by atoms with E-state index in [1.54, 1.807) is 0 Å². The van der Waals surface area contributed by atoms with Crippen molar-refractivity contribution in [3.8, 4) is 0 Å². The Morgan fingerprint density at radius 3 is 1.13 bits per heavy atom. The minimum Gasteiger partial charge on any atom is -0.394 e. The SMILES string of the molecule is CCCCCCCCCCCCCCCCCCCCCCCCC(=O)NC(COC1OC(CO)C(OC2OC(CO)C(OC3OC(CO)C(O)C(O)C3O)C(O)C2O)C(O)C1O)C(O)CCCCCCCCCCCC. The lowest BCUT2D eigenvalue weighted by Crippen LogP contribution is -2.66. The van der Waals surface area contributed by atoms with E-state index in [2.05, 4.69) is 19.2 Å². The second kappa shape index (κ2) is 42.6. The average molecular weight is 1110 g/mol. The lowest BCUT2D eigenvalue weighted by Gasteiger charge is -2.48. The Bertz CT molecular complexity index is 1420. The predicted octanol–water partition coefficient (Wildman–Crippen LogP) is 5.60. The van der Waals surface area contributed by atoms with E-state index in [9.17, 15) is 61.0 Å². The first-order chi connectivity index (χ1) is 37.3. The summed E-state index contributed by atoms with van der Waals surface area (Å²) in [7, 11) is 0. The molecule has 12 N–H and O–H groups in total. The molecule has 456 valence electrons.